The van der Waals surface area contributed by atoms with Gasteiger partial charge in [-0.3, -0.25) is 0 Å². The average molecular weight is 234 g/mol. The number of benzene rings is 1. The van der Waals surface area contributed by atoms with Gasteiger partial charge in [0.15, 0.2) is 0 Å². The first-order valence-corrected chi connectivity index (χ1v) is 6.46. The van der Waals surface area contributed by atoms with Crippen LogP contribution in [0.2, 0.25) is 0 Å². The van der Waals surface area contributed by atoms with Crippen molar-refractivity contribution in [3.63, 3.8) is 0 Å². The van der Waals surface area contributed by atoms with Gasteiger partial charge in [0.2, 0.25) is 0 Å². The van der Waals surface area contributed by atoms with Crippen LogP contribution in [-0.4, -0.2) is 19.7 Å². The lowest BCUT2D eigenvalue weighted by molar-refractivity contribution is 0.415. The molecule has 0 bridgehead atoms. The normalized spacial score (nSPS) is 14.7. The van der Waals surface area contributed by atoms with Crippen molar-refractivity contribution in [1.29, 1.82) is 0 Å². The molecule has 1 aliphatic rings. The van der Waals surface area contributed by atoms with Crippen molar-refractivity contribution in [2.45, 2.75) is 38.6 Å². The number of nitrogens with zero attached hydrogens (tertiary/aromatic N) is 1. The number of rotatable bonds is 6. The van der Waals surface area contributed by atoms with Crippen molar-refractivity contribution >= 4 is 11.4 Å². The molecule has 0 amide bonds. The molecule has 0 saturated heterocycles. The third-order valence-electron chi connectivity index (χ3n) is 3.29. The molecule has 1 aliphatic carbocycles. The molecule has 3 heteroatoms. The van der Waals surface area contributed by atoms with Gasteiger partial charge in [0.1, 0.15) is 5.75 Å². The first kappa shape index (κ1) is 12.1. The summed E-state index contributed by atoms with van der Waals surface area (Å²) in [4.78, 5) is 2.45. The third kappa shape index (κ3) is 2.84. The van der Waals surface area contributed by atoms with E-state index in [0.29, 0.717) is 6.04 Å². The molecule has 1 fully saturated rings. The zero-order chi connectivity index (χ0) is 12.3. The second-order valence-corrected chi connectivity index (χ2v) is 4.70. The quantitative estimate of drug-likeness (QED) is 0.769. The molecule has 2 N–H and O–H groups in total. The number of anilines is 2. The monoisotopic (exact) mass is 234 g/mol. The number of methoxy groups -OCH3 is 1. The molecule has 94 valence electrons. The number of unbranched alkanes of at least 4 members (excludes halogenated alkanes) is 1. The van der Waals surface area contributed by atoms with Crippen LogP contribution in [-0.2, 0) is 0 Å². The van der Waals surface area contributed by atoms with Gasteiger partial charge in [0, 0.05) is 18.7 Å². The fourth-order valence-electron chi connectivity index (χ4n) is 2.11. The van der Waals surface area contributed by atoms with Crippen LogP contribution in [0.4, 0.5) is 11.4 Å². The van der Waals surface area contributed by atoms with Gasteiger partial charge >= 0.3 is 0 Å². The van der Waals surface area contributed by atoms with Gasteiger partial charge < -0.3 is 15.4 Å². The fraction of sp³-hybridized carbons (Fsp3) is 0.571. The lowest BCUT2D eigenvalue weighted by Gasteiger charge is -2.26. The summed E-state index contributed by atoms with van der Waals surface area (Å²) in [7, 11) is 1.70. The standard InChI is InChI=1S/C14H22N2O/c1-3-4-9-16(11-5-6-11)14-10-12(17-2)7-8-13(14)15/h7-8,10-11H,3-6,9,15H2,1-2H3. The summed E-state index contributed by atoms with van der Waals surface area (Å²) in [5.41, 5.74) is 8.08. The SMILES string of the molecule is CCCCN(c1cc(OC)ccc1N)C1CC1. The Hall–Kier alpha value is -1.38. The predicted molar refractivity (Wildman–Crippen MR) is 72.7 cm³/mol. The first-order chi connectivity index (χ1) is 8.26. The van der Waals surface area contributed by atoms with Crippen LogP contribution in [0.1, 0.15) is 32.6 Å². The van der Waals surface area contributed by atoms with E-state index in [2.05, 4.69) is 17.9 Å². The topological polar surface area (TPSA) is 38.5 Å². The summed E-state index contributed by atoms with van der Waals surface area (Å²) in [6.45, 7) is 3.32. The van der Waals surface area contributed by atoms with Gasteiger partial charge in [-0.15, -0.1) is 0 Å². The van der Waals surface area contributed by atoms with Crippen LogP contribution in [0.3, 0.4) is 0 Å². The van der Waals surface area contributed by atoms with Gasteiger partial charge in [-0.25, -0.2) is 0 Å². The summed E-state index contributed by atoms with van der Waals surface area (Å²) in [6, 6.07) is 6.61. The highest BCUT2D eigenvalue weighted by Gasteiger charge is 2.29. The molecule has 0 heterocycles. The van der Waals surface area contributed by atoms with E-state index in [0.717, 1.165) is 23.7 Å². The Bertz CT molecular complexity index is 374. The minimum absolute atomic E-state index is 0.691. The Morgan fingerprint density at radius 3 is 2.76 bits per heavy atom. The maximum absolute atomic E-state index is 6.09. The van der Waals surface area contributed by atoms with Gasteiger partial charge in [-0.05, 0) is 31.4 Å². The van der Waals surface area contributed by atoms with Gasteiger partial charge in [0.25, 0.3) is 0 Å². The van der Waals surface area contributed by atoms with E-state index in [9.17, 15) is 0 Å². The number of nitrogen functional groups attached to an aromatic ring is 1. The van der Waals surface area contributed by atoms with Crippen LogP contribution in [0, 0.1) is 0 Å². The summed E-state index contributed by atoms with van der Waals surface area (Å²) in [5, 5.41) is 0. The molecular weight excluding hydrogens is 212 g/mol. The molecule has 0 radical (unpaired) electrons. The zero-order valence-corrected chi connectivity index (χ0v) is 10.8. The van der Waals surface area contributed by atoms with Crippen LogP contribution >= 0.6 is 0 Å². The number of hydrogen-bond acceptors (Lipinski definition) is 3. The van der Waals surface area contributed by atoms with Crippen LogP contribution in [0.5, 0.6) is 5.75 Å². The highest BCUT2D eigenvalue weighted by Crippen LogP contribution is 2.36. The van der Waals surface area contributed by atoms with Gasteiger partial charge in [-0.2, -0.15) is 0 Å². The Morgan fingerprint density at radius 1 is 1.41 bits per heavy atom. The van der Waals surface area contributed by atoms with E-state index in [1.807, 2.05) is 12.1 Å². The first-order valence-electron chi connectivity index (χ1n) is 6.46. The maximum atomic E-state index is 6.09. The lowest BCUT2D eigenvalue weighted by atomic mass is 10.2. The van der Waals surface area contributed by atoms with E-state index in [-0.39, 0.29) is 0 Å². The van der Waals surface area contributed by atoms with E-state index < -0.39 is 0 Å². The average Bonchev–Trinajstić information content (AvgIpc) is 3.16. The zero-order valence-electron chi connectivity index (χ0n) is 10.8. The van der Waals surface area contributed by atoms with Gasteiger partial charge in [-0.1, -0.05) is 13.3 Å². The molecule has 0 unspecified atom stereocenters. The molecule has 2 rings (SSSR count). The number of nitrogens with two attached hydrogens (primary N) is 1. The van der Waals surface area contributed by atoms with Crippen molar-refractivity contribution in [3.05, 3.63) is 18.2 Å². The molecule has 0 aromatic heterocycles. The minimum Gasteiger partial charge on any atom is -0.497 e. The molecule has 0 atom stereocenters. The smallest absolute Gasteiger partial charge is 0.121 e. The molecule has 0 spiro atoms. The Labute approximate surface area is 104 Å². The Balaban J connectivity index is 2.21. The molecular formula is C14H22N2O. The van der Waals surface area contributed by atoms with Gasteiger partial charge in [0.05, 0.1) is 18.5 Å². The Kier molecular flexibility index (Phi) is 3.77. The van der Waals surface area contributed by atoms with Crippen molar-refractivity contribution in [2.24, 2.45) is 0 Å². The lowest BCUT2D eigenvalue weighted by Crippen LogP contribution is -2.27. The van der Waals surface area contributed by atoms with Crippen molar-refractivity contribution < 1.29 is 4.74 Å². The Morgan fingerprint density at radius 2 is 2.18 bits per heavy atom. The highest BCUT2D eigenvalue weighted by atomic mass is 16.5. The number of ether oxygens (including phenoxy) is 1. The van der Waals surface area contributed by atoms with Crippen LogP contribution < -0.4 is 15.4 Å². The molecule has 17 heavy (non-hydrogen) atoms. The van der Waals surface area contributed by atoms with Crippen molar-refractivity contribution in [2.75, 3.05) is 24.3 Å². The predicted octanol–water partition coefficient (Wildman–Crippen LogP) is 3.05. The van der Waals surface area contributed by atoms with Crippen LogP contribution in [0.15, 0.2) is 18.2 Å². The maximum Gasteiger partial charge on any atom is 0.121 e. The van der Waals surface area contributed by atoms with Crippen molar-refractivity contribution in [1.82, 2.24) is 0 Å². The van der Waals surface area contributed by atoms with E-state index in [1.54, 1.807) is 7.11 Å². The summed E-state index contributed by atoms with van der Waals surface area (Å²) >= 11 is 0. The summed E-state index contributed by atoms with van der Waals surface area (Å²) in [6.07, 6.45) is 5.01. The fourth-order valence-corrected chi connectivity index (χ4v) is 2.11. The second-order valence-electron chi connectivity index (χ2n) is 4.70. The largest absolute Gasteiger partial charge is 0.497 e. The minimum atomic E-state index is 0.691. The molecule has 0 aliphatic heterocycles. The molecule has 1 saturated carbocycles. The third-order valence-corrected chi connectivity index (χ3v) is 3.29. The molecule has 1 aromatic carbocycles. The summed E-state index contributed by atoms with van der Waals surface area (Å²) < 4.78 is 5.28. The van der Waals surface area contributed by atoms with E-state index >= 15 is 0 Å². The molecule has 3 nitrogen and oxygen atoms in total. The van der Waals surface area contributed by atoms with Crippen molar-refractivity contribution in [3.8, 4) is 5.75 Å². The highest BCUT2D eigenvalue weighted by molar-refractivity contribution is 5.70. The van der Waals surface area contributed by atoms with Crippen LogP contribution in [0.25, 0.3) is 0 Å². The van der Waals surface area contributed by atoms with E-state index in [4.69, 9.17) is 10.5 Å². The number of hydrogen-bond donors (Lipinski definition) is 1. The summed E-state index contributed by atoms with van der Waals surface area (Å²) in [5.74, 6) is 0.886. The van der Waals surface area contributed by atoms with E-state index in [1.165, 1.54) is 25.7 Å². The molecule has 1 aromatic rings. The second kappa shape index (κ2) is 5.30.